The minimum Gasteiger partial charge on any atom is -0.371 e. The maximum Gasteiger partial charge on any atom is 0.232 e. The molecule has 0 spiro atoms. The van der Waals surface area contributed by atoms with E-state index in [0.29, 0.717) is 6.42 Å². The normalized spacial score (nSPS) is 23.6. The molecule has 0 aromatic carbocycles. The molecule has 0 bridgehead atoms. The molecule has 1 amide bonds. The van der Waals surface area contributed by atoms with Crippen LogP contribution in [-0.2, 0) is 4.79 Å². The molecule has 3 N–H and O–H groups in total. The molecule has 2 heterocycles. The van der Waals surface area contributed by atoms with Gasteiger partial charge in [0.05, 0.1) is 6.42 Å². The van der Waals surface area contributed by atoms with Crippen LogP contribution in [0.4, 0.5) is 0 Å². The van der Waals surface area contributed by atoms with Crippen LogP contribution in [0.1, 0.15) is 26.2 Å². The number of nitrogens with two attached hydrogens (primary N) is 1. The summed E-state index contributed by atoms with van der Waals surface area (Å²) in [6.07, 6.45) is 2.43. The van der Waals surface area contributed by atoms with E-state index in [1.165, 1.54) is 0 Å². The third-order valence-electron chi connectivity index (χ3n) is 2.96. The highest BCUT2D eigenvalue weighted by atomic mass is 16.2. The zero-order chi connectivity index (χ0) is 10.1. The Labute approximate surface area is 84.1 Å². The van der Waals surface area contributed by atoms with Crippen LogP contribution in [0.15, 0.2) is 11.4 Å². The summed E-state index contributed by atoms with van der Waals surface area (Å²) in [4.78, 5) is 13.5. The summed E-state index contributed by atoms with van der Waals surface area (Å²) in [7, 11) is 0. The van der Waals surface area contributed by atoms with Crippen molar-refractivity contribution in [2.45, 2.75) is 32.2 Å². The van der Waals surface area contributed by atoms with Gasteiger partial charge in [-0.05, 0) is 18.4 Å². The number of hydrogen-bond donors (Lipinski definition) is 2. The molecule has 4 heteroatoms. The maximum absolute atomic E-state index is 11.6. The van der Waals surface area contributed by atoms with Crippen LogP contribution in [0.3, 0.4) is 0 Å². The molecule has 1 fully saturated rings. The summed E-state index contributed by atoms with van der Waals surface area (Å²) in [6, 6.07) is 0.0320. The molecule has 0 aromatic heterocycles. The number of nitrogens with zero attached hydrogens (tertiary/aromatic N) is 1. The second-order valence-electron chi connectivity index (χ2n) is 3.89. The Hall–Kier alpha value is -1.03. The Morgan fingerprint density at radius 2 is 2.43 bits per heavy atom. The van der Waals surface area contributed by atoms with Gasteiger partial charge in [-0.25, -0.2) is 0 Å². The fourth-order valence-electron chi connectivity index (χ4n) is 2.08. The topological polar surface area (TPSA) is 58.4 Å². The van der Waals surface area contributed by atoms with E-state index in [0.717, 1.165) is 37.3 Å². The molecule has 78 valence electrons. The third kappa shape index (κ3) is 1.39. The summed E-state index contributed by atoms with van der Waals surface area (Å²) in [6.45, 7) is 3.86. The number of nitrogens with one attached hydrogen (secondary N) is 1. The highest BCUT2D eigenvalue weighted by Gasteiger charge is 2.33. The van der Waals surface area contributed by atoms with Gasteiger partial charge in [0, 0.05) is 19.1 Å². The van der Waals surface area contributed by atoms with Gasteiger partial charge in [-0.15, -0.1) is 0 Å². The summed E-state index contributed by atoms with van der Waals surface area (Å²) >= 11 is 0. The first-order valence-electron chi connectivity index (χ1n) is 5.27. The standard InChI is InChI=1S/C10H17N3O/c1-2-8(11)7-6-9(14)13-5-3-4-12-10(7)13/h8,12H,2-6,11H2,1H3. The van der Waals surface area contributed by atoms with Gasteiger partial charge < -0.3 is 11.1 Å². The molecule has 14 heavy (non-hydrogen) atoms. The van der Waals surface area contributed by atoms with E-state index in [9.17, 15) is 4.79 Å². The van der Waals surface area contributed by atoms with Gasteiger partial charge in [0.15, 0.2) is 0 Å². The first kappa shape index (κ1) is 9.52. The van der Waals surface area contributed by atoms with Gasteiger partial charge in [-0.3, -0.25) is 9.69 Å². The van der Waals surface area contributed by atoms with Crippen molar-refractivity contribution in [3.05, 3.63) is 11.4 Å². The minimum atomic E-state index is 0.0320. The molecule has 0 aliphatic carbocycles. The van der Waals surface area contributed by atoms with Crippen molar-refractivity contribution in [1.29, 1.82) is 0 Å². The summed E-state index contributed by atoms with van der Waals surface area (Å²) in [5, 5.41) is 3.28. The van der Waals surface area contributed by atoms with Crippen LogP contribution in [0.25, 0.3) is 0 Å². The highest BCUT2D eigenvalue weighted by Crippen LogP contribution is 2.27. The average molecular weight is 195 g/mol. The smallest absolute Gasteiger partial charge is 0.232 e. The molecule has 2 rings (SSSR count). The van der Waals surface area contributed by atoms with Gasteiger partial charge in [-0.2, -0.15) is 0 Å². The van der Waals surface area contributed by atoms with Gasteiger partial charge in [0.1, 0.15) is 5.82 Å². The van der Waals surface area contributed by atoms with Crippen molar-refractivity contribution in [3.63, 3.8) is 0 Å². The number of rotatable bonds is 2. The predicted molar refractivity (Wildman–Crippen MR) is 54.2 cm³/mol. The first-order chi connectivity index (χ1) is 6.74. The largest absolute Gasteiger partial charge is 0.371 e. The molecular formula is C10H17N3O. The fraction of sp³-hybridized carbons (Fsp3) is 0.700. The van der Waals surface area contributed by atoms with Crippen molar-refractivity contribution in [1.82, 2.24) is 10.2 Å². The highest BCUT2D eigenvalue weighted by molar-refractivity contribution is 5.84. The molecule has 4 nitrogen and oxygen atoms in total. The van der Waals surface area contributed by atoms with Crippen LogP contribution >= 0.6 is 0 Å². The lowest BCUT2D eigenvalue weighted by atomic mass is 10.0. The van der Waals surface area contributed by atoms with E-state index in [1.807, 2.05) is 11.8 Å². The average Bonchev–Trinajstić information content (AvgIpc) is 2.56. The van der Waals surface area contributed by atoms with Crippen LogP contribution in [0.5, 0.6) is 0 Å². The monoisotopic (exact) mass is 195 g/mol. The van der Waals surface area contributed by atoms with E-state index in [-0.39, 0.29) is 11.9 Å². The number of carbonyl (C=O) groups is 1. The van der Waals surface area contributed by atoms with E-state index in [1.54, 1.807) is 0 Å². The molecular weight excluding hydrogens is 178 g/mol. The second kappa shape index (κ2) is 3.61. The molecule has 2 aliphatic heterocycles. The van der Waals surface area contributed by atoms with E-state index >= 15 is 0 Å². The molecule has 1 atom stereocenters. The van der Waals surface area contributed by atoms with Gasteiger partial charge >= 0.3 is 0 Å². The third-order valence-corrected chi connectivity index (χ3v) is 2.96. The zero-order valence-electron chi connectivity index (χ0n) is 8.55. The van der Waals surface area contributed by atoms with E-state index in [2.05, 4.69) is 5.32 Å². The molecule has 0 radical (unpaired) electrons. The van der Waals surface area contributed by atoms with Crippen molar-refractivity contribution >= 4 is 5.91 Å². The Balaban J connectivity index is 2.25. The lowest BCUT2D eigenvalue weighted by Crippen LogP contribution is -2.40. The lowest BCUT2D eigenvalue weighted by Gasteiger charge is -2.27. The van der Waals surface area contributed by atoms with Crippen LogP contribution in [0.2, 0.25) is 0 Å². The molecule has 0 aromatic rings. The molecule has 1 saturated heterocycles. The van der Waals surface area contributed by atoms with Crippen molar-refractivity contribution in [3.8, 4) is 0 Å². The Morgan fingerprint density at radius 1 is 1.64 bits per heavy atom. The van der Waals surface area contributed by atoms with Crippen LogP contribution < -0.4 is 11.1 Å². The fourth-order valence-corrected chi connectivity index (χ4v) is 2.08. The van der Waals surface area contributed by atoms with Gasteiger partial charge in [-0.1, -0.05) is 6.92 Å². The lowest BCUT2D eigenvalue weighted by molar-refractivity contribution is -0.127. The minimum absolute atomic E-state index is 0.0320. The predicted octanol–water partition coefficient (Wildman–Crippen LogP) is 0.161. The van der Waals surface area contributed by atoms with E-state index < -0.39 is 0 Å². The number of hydrogen-bond acceptors (Lipinski definition) is 3. The Kier molecular flexibility index (Phi) is 2.46. The SMILES string of the molecule is CCC(N)C1=C2NCCCN2C(=O)C1. The Bertz CT molecular complexity index is 285. The summed E-state index contributed by atoms with van der Waals surface area (Å²) in [5.41, 5.74) is 7.07. The molecule has 1 unspecified atom stereocenters. The number of fused-ring (bicyclic) bond motifs is 1. The van der Waals surface area contributed by atoms with E-state index in [4.69, 9.17) is 5.73 Å². The van der Waals surface area contributed by atoms with Gasteiger partial charge in [0.25, 0.3) is 0 Å². The van der Waals surface area contributed by atoms with Crippen molar-refractivity contribution < 1.29 is 4.79 Å². The quantitative estimate of drug-likeness (QED) is 0.660. The summed E-state index contributed by atoms with van der Waals surface area (Å²) < 4.78 is 0. The van der Waals surface area contributed by atoms with Crippen LogP contribution in [-0.4, -0.2) is 29.9 Å². The second-order valence-corrected chi connectivity index (χ2v) is 3.89. The number of carbonyl (C=O) groups excluding carboxylic acids is 1. The van der Waals surface area contributed by atoms with Gasteiger partial charge in [0.2, 0.25) is 5.91 Å². The molecule has 0 saturated carbocycles. The zero-order valence-corrected chi connectivity index (χ0v) is 8.55. The Morgan fingerprint density at radius 3 is 3.14 bits per heavy atom. The van der Waals surface area contributed by atoms with Crippen molar-refractivity contribution in [2.75, 3.05) is 13.1 Å². The van der Waals surface area contributed by atoms with Crippen molar-refractivity contribution in [2.24, 2.45) is 5.73 Å². The number of amides is 1. The summed E-state index contributed by atoms with van der Waals surface area (Å²) in [5.74, 6) is 1.20. The maximum atomic E-state index is 11.6. The first-order valence-corrected chi connectivity index (χ1v) is 5.27. The van der Waals surface area contributed by atoms with Crippen LogP contribution in [0, 0.1) is 0 Å². The molecule has 2 aliphatic rings.